The molecule has 3 nitrogen and oxygen atoms in total. The number of esters is 1. The Hall–Kier alpha value is -1.19. The fourth-order valence-corrected chi connectivity index (χ4v) is 1.74. The second-order valence-electron chi connectivity index (χ2n) is 3.62. The lowest BCUT2D eigenvalue weighted by molar-refractivity contribution is -0.137. The summed E-state index contributed by atoms with van der Waals surface area (Å²) in [5.41, 5.74) is 1.66. The molecule has 0 fully saturated rings. The molecular formula is C13H15Cl2NO2. The van der Waals surface area contributed by atoms with Crippen LogP contribution in [-0.4, -0.2) is 19.1 Å². The van der Waals surface area contributed by atoms with Gasteiger partial charge in [0.2, 0.25) is 0 Å². The van der Waals surface area contributed by atoms with E-state index in [0.717, 1.165) is 11.3 Å². The molecule has 0 heterocycles. The van der Waals surface area contributed by atoms with E-state index in [9.17, 15) is 4.79 Å². The number of carbonyl (C=O) groups excluding carboxylic acids is 1. The number of nitrogens with one attached hydrogen (secondary N) is 1. The van der Waals surface area contributed by atoms with Crippen molar-refractivity contribution in [3.05, 3.63) is 39.9 Å². The Morgan fingerprint density at radius 3 is 2.78 bits per heavy atom. The maximum absolute atomic E-state index is 11.0. The van der Waals surface area contributed by atoms with E-state index < -0.39 is 0 Å². The number of carbonyl (C=O) groups is 1. The second-order valence-corrected chi connectivity index (χ2v) is 4.43. The first-order chi connectivity index (χ1) is 8.54. The van der Waals surface area contributed by atoms with Crippen molar-refractivity contribution in [2.75, 3.05) is 18.5 Å². The lowest BCUT2D eigenvalue weighted by atomic mass is 10.2. The molecule has 0 aromatic heterocycles. The van der Waals surface area contributed by atoms with Crippen molar-refractivity contribution in [2.24, 2.45) is 0 Å². The van der Waals surface area contributed by atoms with Crippen LogP contribution in [0.25, 0.3) is 0 Å². The summed E-state index contributed by atoms with van der Waals surface area (Å²) in [5, 5.41) is 4.32. The van der Waals surface area contributed by atoms with Gasteiger partial charge in [0, 0.05) is 17.6 Å². The lowest BCUT2D eigenvalue weighted by Gasteiger charge is -2.08. The molecule has 0 aliphatic heterocycles. The molecular weight excluding hydrogens is 273 g/mol. The molecule has 0 saturated carbocycles. The van der Waals surface area contributed by atoms with Gasteiger partial charge in [0.15, 0.2) is 0 Å². The standard InChI is InChI=1S/C13H15Cl2NO2/c1-3-18-13(17)5-4-6-16-12-8-10(14)9(2)7-11(12)15/h4-5,7-8,16H,3,6H2,1-2H3/b5-4+. The molecule has 0 radical (unpaired) electrons. The Morgan fingerprint density at radius 2 is 2.11 bits per heavy atom. The van der Waals surface area contributed by atoms with Gasteiger partial charge in [-0.3, -0.25) is 0 Å². The first kappa shape index (κ1) is 14.9. The first-order valence-electron chi connectivity index (χ1n) is 5.57. The van der Waals surface area contributed by atoms with Crippen LogP contribution in [0.15, 0.2) is 24.3 Å². The molecule has 0 aliphatic carbocycles. The Labute approximate surface area is 117 Å². The van der Waals surface area contributed by atoms with Crippen molar-refractivity contribution >= 4 is 34.9 Å². The summed E-state index contributed by atoms with van der Waals surface area (Å²) in [4.78, 5) is 11.0. The SMILES string of the molecule is CCOC(=O)/C=C/CNc1cc(Cl)c(C)cc1Cl. The van der Waals surface area contributed by atoms with E-state index in [4.69, 9.17) is 27.9 Å². The third kappa shape index (κ3) is 4.59. The number of ether oxygens (including phenoxy) is 1. The summed E-state index contributed by atoms with van der Waals surface area (Å²) in [7, 11) is 0. The normalized spacial score (nSPS) is 10.7. The van der Waals surface area contributed by atoms with Crippen molar-refractivity contribution < 1.29 is 9.53 Å². The third-order valence-corrected chi connectivity index (χ3v) is 2.92. The van der Waals surface area contributed by atoms with Crippen LogP contribution in [0.5, 0.6) is 0 Å². The van der Waals surface area contributed by atoms with Gasteiger partial charge in [0.05, 0.1) is 17.3 Å². The zero-order valence-corrected chi connectivity index (χ0v) is 11.8. The number of halogens is 2. The van der Waals surface area contributed by atoms with Gasteiger partial charge < -0.3 is 10.1 Å². The van der Waals surface area contributed by atoms with Crippen LogP contribution in [0.1, 0.15) is 12.5 Å². The highest BCUT2D eigenvalue weighted by atomic mass is 35.5. The topological polar surface area (TPSA) is 38.3 Å². The van der Waals surface area contributed by atoms with Gasteiger partial charge in [-0.25, -0.2) is 4.79 Å². The number of anilines is 1. The van der Waals surface area contributed by atoms with Gasteiger partial charge in [-0.05, 0) is 31.5 Å². The molecule has 0 atom stereocenters. The number of hydrogen-bond acceptors (Lipinski definition) is 3. The van der Waals surface area contributed by atoms with Crippen LogP contribution in [0.2, 0.25) is 10.0 Å². The number of hydrogen-bond donors (Lipinski definition) is 1. The lowest BCUT2D eigenvalue weighted by Crippen LogP contribution is -2.03. The summed E-state index contributed by atoms with van der Waals surface area (Å²) in [6.07, 6.45) is 3.04. The molecule has 0 unspecified atom stereocenters. The fraction of sp³-hybridized carbons (Fsp3) is 0.308. The molecule has 18 heavy (non-hydrogen) atoms. The number of aryl methyl sites for hydroxylation is 1. The molecule has 1 aromatic carbocycles. The minimum atomic E-state index is -0.354. The minimum absolute atomic E-state index is 0.354. The molecule has 1 aromatic rings. The fourth-order valence-electron chi connectivity index (χ4n) is 1.30. The van der Waals surface area contributed by atoms with Crippen LogP contribution in [0.3, 0.4) is 0 Å². The Balaban J connectivity index is 2.54. The molecule has 98 valence electrons. The van der Waals surface area contributed by atoms with Gasteiger partial charge in [-0.1, -0.05) is 29.3 Å². The minimum Gasteiger partial charge on any atom is -0.463 e. The molecule has 0 amide bonds. The average molecular weight is 288 g/mol. The quantitative estimate of drug-likeness (QED) is 0.661. The Morgan fingerprint density at radius 1 is 1.39 bits per heavy atom. The average Bonchev–Trinajstić information content (AvgIpc) is 2.31. The van der Waals surface area contributed by atoms with Crippen molar-refractivity contribution in [2.45, 2.75) is 13.8 Å². The summed E-state index contributed by atoms with van der Waals surface area (Å²) >= 11 is 12.1. The predicted molar refractivity (Wildman–Crippen MR) is 75.5 cm³/mol. The van der Waals surface area contributed by atoms with E-state index in [1.807, 2.05) is 6.92 Å². The molecule has 0 spiro atoms. The highest BCUT2D eigenvalue weighted by Gasteiger charge is 2.03. The molecule has 0 saturated heterocycles. The van der Waals surface area contributed by atoms with E-state index in [-0.39, 0.29) is 5.97 Å². The highest BCUT2D eigenvalue weighted by molar-refractivity contribution is 6.35. The van der Waals surface area contributed by atoms with Gasteiger partial charge in [0.25, 0.3) is 0 Å². The van der Waals surface area contributed by atoms with Crippen molar-refractivity contribution in [3.8, 4) is 0 Å². The molecule has 1 rings (SSSR count). The zero-order chi connectivity index (χ0) is 13.5. The molecule has 1 N–H and O–H groups in total. The Kier molecular flexibility index (Phi) is 6.02. The summed E-state index contributed by atoms with van der Waals surface area (Å²) in [6, 6.07) is 3.55. The van der Waals surface area contributed by atoms with Crippen LogP contribution in [-0.2, 0) is 9.53 Å². The molecule has 0 aliphatic rings. The van der Waals surface area contributed by atoms with Crippen molar-refractivity contribution in [1.29, 1.82) is 0 Å². The number of rotatable bonds is 5. The highest BCUT2D eigenvalue weighted by Crippen LogP contribution is 2.28. The first-order valence-corrected chi connectivity index (χ1v) is 6.33. The van der Waals surface area contributed by atoms with E-state index in [1.54, 1.807) is 25.1 Å². The van der Waals surface area contributed by atoms with Crippen LogP contribution < -0.4 is 5.32 Å². The van der Waals surface area contributed by atoms with Crippen molar-refractivity contribution in [3.63, 3.8) is 0 Å². The summed E-state index contributed by atoms with van der Waals surface area (Å²) in [6.45, 7) is 4.49. The molecule has 5 heteroatoms. The monoisotopic (exact) mass is 287 g/mol. The van der Waals surface area contributed by atoms with Crippen LogP contribution in [0.4, 0.5) is 5.69 Å². The second kappa shape index (κ2) is 7.29. The predicted octanol–water partition coefficient (Wildman–Crippen LogP) is 3.83. The van der Waals surface area contributed by atoms with Gasteiger partial charge in [-0.15, -0.1) is 0 Å². The van der Waals surface area contributed by atoms with Gasteiger partial charge in [-0.2, -0.15) is 0 Å². The smallest absolute Gasteiger partial charge is 0.330 e. The molecule has 0 bridgehead atoms. The Bertz CT molecular complexity index is 459. The van der Waals surface area contributed by atoms with E-state index in [1.165, 1.54) is 6.08 Å². The summed E-state index contributed by atoms with van der Waals surface area (Å²) < 4.78 is 4.75. The maximum atomic E-state index is 11.0. The van der Waals surface area contributed by atoms with E-state index in [0.29, 0.717) is 23.2 Å². The zero-order valence-electron chi connectivity index (χ0n) is 10.3. The van der Waals surface area contributed by atoms with E-state index >= 15 is 0 Å². The van der Waals surface area contributed by atoms with E-state index in [2.05, 4.69) is 5.32 Å². The largest absolute Gasteiger partial charge is 0.463 e. The van der Waals surface area contributed by atoms with Crippen molar-refractivity contribution in [1.82, 2.24) is 0 Å². The van der Waals surface area contributed by atoms with Gasteiger partial charge >= 0.3 is 5.97 Å². The third-order valence-electron chi connectivity index (χ3n) is 2.20. The van der Waals surface area contributed by atoms with Crippen LogP contribution in [0, 0.1) is 6.92 Å². The number of benzene rings is 1. The van der Waals surface area contributed by atoms with Crippen LogP contribution >= 0.6 is 23.2 Å². The maximum Gasteiger partial charge on any atom is 0.330 e. The van der Waals surface area contributed by atoms with Gasteiger partial charge in [0.1, 0.15) is 0 Å². The summed E-state index contributed by atoms with van der Waals surface area (Å²) in [5.74, 6) is -0.354.